The number of pyridine rings is 1. The number of nitrogens with zero attached hydrogens (tertiary/aromatic N) is 2. The summed E-state index contributed by atoms with van der Waals surface area (Å²) < 4.78 is 0. The number of benzene rings is 1. The number of aryl methyl sites for hydroxylation is 1. The van der Waals surface area contributed by atoms with E-state index in [4.69, 9.17) is 10.4 Å². The zero-order valence-electron chi connectivity index (χ0n) is 11.1. The van der Waals surface area contributed by atoms with E-state index in [1.54, 1.807) is 25.1 Å². The maximum absolute atomic E-state index is 12.0. The molecule has 0 radical (unpaired) electrons. The molecule has 0 saturated carbocycles. The lowest BCUT2D eigenvalue weighted by molar-refractivity contribution is 0.0696. The van der Waals surface area contributed by atoms with Gasteiger partial charge in [0, 0.05) is 6.20 Å². The molecule has 0 saturated heterocycles. The van der Waals surface area contributed by atoms with Crippen molar-refractivity contribution in [2.45, 2.75) is 6.92 Å². The molecule has 0 spiro atoms. The number of aromatic nitrogens is 1. The normalized spacial score (nSPS) is 9.71. The number of carbonyl (C=O) groups is 2. The van der Waals surface area contributed by atoms with Crippen LogP contribution in [0.5, 0.6) is 0 Å². The van der Waals surface area contributed by atoms with Gasteiger partial charge in [0.15, 0.2) is 0 Å². The standard InChI is InChI=1S/C15H11N3O3/c1-9-3-2-4-12(11(9)7-16)18-14(19)13-6-5-10(8-17-13)15(20)21/h2-6,8H,1H3,(H,18,19)(H,20,21). The molecule has 0 atom stereocenters. The lowest BCUT2D eigenvalue weighted by Gasteiger charge is -2.08. The fraction of sp³-hybridized carbons (Fsp3) is 0.0667. The summed E-state index contributed by atoms with van der Waals surface area (Å²) in [5.41, 5.74) is 1.61. The summed E-state index contributed by atoms with van der Waals surface area (Å²) in [4.78, 5) is 26.6. The van der Waals surface area contributed by atoms with E-state index in [0.29, 0.717) is 11.3 Å². The van der Waals surface area contributed by atoms with Crippen LogP contribution in [0.1, 0.15) is 32.0 Å². The van der Waals surface area contributed by atoms with Crippen molar-refractivity contribution in [3.63, 3.8) is 0 Å². The molecule has 0 bridgehead atoms. The van der Waals surface area contributed by atoms with E-state index in [1.165, 1.54) is 12.1 Å². The van der Waals surface area contributed by atoms with Gasteiger partial charge in [-0.15, -0.1) is 0 Å². The molecule has 0 aliphatic carbocycles. The van der Waals surface area contributed by atoms with Gasteiger partial charge in [0.05, 0.1) is 16.8 Å². The highest BCUT2D eigenvalue weighted by Crippen LogP contribution is 2.18. The minimum atomic E-state index is -1.11. The summed E-state index contributed by atoms with van der Waals surface area (Å²) in [7, 11) is 0. The van der Waals surface area contributed by atoms with Crippen LogP contribution in [0.4, 0.5) is 5.69 Å². The van der Waals surface area contributed by atoms with Crippen LogP contribution in [-0.2, 0) is 0 Å². The van der Waals surface area contributed by atoms with Crippen molar-refractivity contribution < 1.29 is 14.7 Å². The monoisotopic (exact) mass is 281 g/mol. The predicted octanol–water partition coefficient (Wildman–Crippen LogP) is 2.21. The molecule has 0 fully saturated rings. The van der Waals surface area contributed by atoms with Crippen LogP contribution in [0.25, 0.3) is 0 Å². The number of carboxylic acid groups (broad SMARTS) is 1. The highest BCUT2D eigenvalue weighted by atomic mass is 16.4. The molecule has 1 amide bonds. The lowest BCUT2D eigenvalue weighted by atomic mass is 10.1. The van der Waals surface area contributed by atoms with E-state index in [-0.39, 0.29) is 11.3 Å². The van der Waals surface area contributed by atoms with Gasteiger partial charge in [0.1, 0.15) is 11.8 Å². The Kier molecular flexibility index (Phi) is 3.95. The van der Waals surface area contributed by atoms with Gasteiger partial charge in [0.25, 0.3) is 5.91 Å². The van der Waals surface area contributed by atoms with E-state index < -0.39 is 11.9 Å². The molecule has 0 aliphatic rings. The van der Waals surface area contributed by atoms with Crippen LogP contribution in [-0.4, -0.2) is 22.0 Å². The Labute approximate surface area is 120 Å². The van der Waals surface area contributed by atoms with Crippen LogP contribution >= 0.6 is 0 Å². The molecule has 1 aromatic carbocycles. The molecular weight excluding hydrogens is 270 g/mol. The average Bonchev–Trinajstić information content (AvgIpc) is 2.47. The molecule has 0 aliphatic heterocycles. The van der Waals surface area contributed by atoms with Crippen molar-refractivity contribution in [2.75, 3.05) is 5.32 Å². The first-order chi connectivity index (χ1) is 10.0. The van der Waals surface area contributed by atoms with Crippen molar-refractivity contribution in [1.82, 2.24) is 4.98 Å². The number of nitriles is 1. The fourth-order valence-corrected chi connectivity index (χ4v) is 1.76. The maximum Gasteiger partial charge on any atom is 0.337 e. The van der Waals surface area contributed by atoms with Gasteiger partial charge in [-0.1, -0.05) is 12.1 Å². The van der Waals surface area contributed by atoms with Crippen LogP contribution in [0.2, 0.25) is 0 Å². The van der Waals surface area contributed by atoms with E-state index in [9.17, 15) is 9.59 Å². The highest BCUT2D eigenvalue weighted by Gasteiger charge is 2.12. The number of carbonyl (C=O) groups excluding carboxylic acids is 1. The minimum Gasteiger partial charge on any atom is -0.478 e. The summed E-state index contributed by atoms with van der Waals surface area (Å²) >= 11 is 0. The Hall–Kier alpha value is -3.20. The third-order valence-corrected chi connectivity index (χ3v) is 2.88. The van der Waals surface area contributed by atoms with Crippen molar-refractivity contribution in [3.8, 4) is 6.07 Å². The number of hydrogen-bond acceptors (Lipinski definition) is 4. The predicted molar refractivity (Wildman–Crippen MR) is 75.0 cm³/mol. The molecular formula is C15H11N3O3. The Morgan fingerprint density at radius 1 is 1.29 bits per heavy atom. The number of aromatic carboxylic acids is 1. The molecule has 6 nitrogen and oxygen atoms in total. The third-order valence-electron chi connectivity index (χ3n) is 2.88. The summed E-state index contributed by atoms with van der Waals surface area (Å²) in [5, 5.41) is 20.5. The quantitative estimate of drug-likeness (QED) is 0.897. The Morgan fingerprint density at radius 3 is 2.62 bits per heavy atom. The second-order valence-corrected chi connectivity index (χ2v) is 4.30. The first-order valence-corrected chi connectivity index (χ1v) is 6.03. The topological polar surface area (TPSA) is 103 Å². The zero-order valence-corrected chi connectivity index (χ0v) is 11.1. The smallest absolute Gasteiger partial charge is 0.337 e. The third kappa shape index (κ3) is 3.04. The largest absolute Gasteiger partial charge is 0.478 e. The molecule has 2 N–H and O–H groups in total. The summed E-state index contributed by atoms with van der Waals surface area (Å²) in [5.74, 6) is -1.62. The Balaban J connectivity index is 2.25. The lowest BCUT2D eigenvalue weighted by Crippen LogP contribution is -2.15. The Bertz CT molecular complexity index is 746. The minimum absolute atomic E-state index is 0.000167. The second kappa shape index (κ2) is 5.84. The van der Waals surface area contributed by atoms with Gasteiger partial charge in [-0.25, -0.2) is 4.79 Å². The van der Waals surface area contributed by atoms with E-state index >= 15 is 0 Å². The Morgan fingerprint density at radius 2 is 2.05 bits per heavy atom. The van der Waals surface area contributed by atoms with E-state index in [0.717, 1.165) is 11.8 Å². The van der Waals surface area contributed by atoms with Crippen molar-refractivity contribution >= 4 is 17.6 Å². The number of nitrogens with one attached hydrogen (secondary N) is 1. The first-order valence-electron chi connectivity index (χ1n) is 6.03. The fourth-order valence-electron chi connectivity index (χ4n) is 1.76. The van der Waals surface area contributed by atoms with Crippen molar-refractivity contribution in [2.24, 2.45) is 0 Å². The summed E-state index contributed by atoms with van der Waals surface area (Å²) in [6, 6.07) is 9.77. The van der Waals surface area contributed by atoms with E-state index in [1.807, 2.05) is 6.07 Å². The molecule has 1 aromatic heterocycles. The molecule has 6 heteroatoms. The number of hydrogen-bond donors (Lipinski definition) is 2. The van der Waals surface area contributed by atoms with Gasteiger partial charge in [0.2, 0.25) is 0 Å². The molecule has 2 rings (SSSR count). The SMILES string of the molecule is Cc1cccc(NC(=O)c2ccc(C(=O)O)cn2)c1C#N. The maximum atomic E-state index is 12.0. The first kappa shape index (κ1) is 14.2. The molecule has 1 heterocycles. The molecule has 2 aromatic rings. The van der Waals surface area contributed by atoms with Crippen LogP contribution in [0.15, 0.2) is 36.5 Å². The average molecular weight is 281 g/mol. The van der Waals surface area contributed by atoms with Gasteiger partial charge in [-0.05, 0) is 30.7 Å². The summed E-state index contributed by atoms with van der Waals surface area (Å²) in [6.45, 7) is 1.77. The van der Waals surface area contributed by atoms with Crippen molar-refractivity contribution in [3.05, 3.63) is 58.9 Å². The molecule has 0 unspecified atom stereocenters. The molecule has 21 heavy (non-hydrogen) atoms. The number of amides is 1. The van der Waals surface area contributed by atoms with E-state index in [2.05, 4.69) is 10.3 Å². The van der Waals surface area contributed by atoms with Gasteiger partial charge in [-0.3, -0.25) is 9.78 Å². The number of carboxylic acids is 1. The van der Waals surface area contributed by atoms with Crippen LogP contribution in [0, 0.1) is 18.3 Å². The molecule has 104 valence electrons. The number of rotatable bonds is 3. The summed E-state index contributed by atoms with van der Waals surface area (Å²) in [6.07, 6.45) is 1.11. The highest BCUT2D eigenvalue weighted by molar-refractivity contribution is 6.04. The van der Waals surface area contributed by atoms with Crippen LogP contribution < -0.4 is 5.32 Å². The number of anilines is 1. The van der Waals surface area contributed by atoms with Gasteiger partial charge >= 0.3 is 5.97 Å². The zero-order chi connectivity index (χ0) is 15.4. The van der Waals surface area contributed by atoms with Crippen LogP contribution in [0.3, 0.4) is 0 Å². The van der Waals surface area contributed by atoms with Gasteiger partial charge in [-0.2, -0.15) is 5.26 Å². The second-order valence-electron chi connectivity index (χ2n) is 4.30. The van der Waals surface area contributed by atoms with Gasteiger partial charge < -0.3 is 10.4 Å². The van der Waals surface area contributed by atoms with Crippen molar-refractivity contribution in [1.29, 1.82) is 5.26 Å².